The molecule has 1 N–H and O–H groups in total. The van der Waals surface area contributed by atoms with Gasteiger partial charge < -0.3 is 4.74 Å². The lowest BCUT2D eigenvalue weighted by Crippen LogP contribution is -2.74. The Labute approximate surface area is 249 Å². The molecule has 2 heterocycles. The summed E-state index contributed by atoms with van der Waals surface area (Å²) in [4.78, 5) is 14.3. The van der Waals surface area contributed by atoms with Gasteiger partial charge in [-0.3, -0.25) is 4.90 Å². The van der Waals surface area contributed by atoms with Crippen molar-refractivity contribution in [3.05, 3.63) is 80.8 Å². The summed E-state index contributed by atoms with van der Waals surface area (Å²) in [5.41, 5.74) is 0.529. The lowest BCUT2D eigenvalue weighted by molar-refractivity contribution is 0.104. The zero-order chi connectivity index (χ0) is 30.2. The molecule has 12 heteroatoms. The van der Waals surface area contributed by atoms with Gasteiger partial charge in [-0.25, -0.2) is 26.0 Å². The van der Waals surface area contributed by atoms with E-state index in [0.717, 1.165) is 22.1 Å². The van der Waals surface area contributed by atoms with Crippen LogP contribution in [0.1, 0.15) is 48.0 Å². The lowest BCUT2D eigenvalue weighted by atomic mass is 10.0. The molecule has 2 aromatic carbocycles. The molecular formula is C29H38N2O6S3Si. The molecule has 2 aromatic rings. The molecule has 0 unspecified atom stereocenters. The van der Waals surface area contributed by atoms with E-state index in [1.807, 2.05) is 81.4 Å². The summed E-state index contributed by atoms with van der Waals surface area (Å²) in [5.74, 6) is 0. The maximum atomic E-state index is 14.5. The van der Waals surface area contributed by atoms with Gasteiger partial charge in [0.25, 0.3) is 0 Å². The number of sulfone groups is 1. The molecule has 8 nitrogen and oxygen atoms in total. The molecule has 2 atom stereocenters. The summed E-state index contributed by atoms with van der Waals surface area (Å²) in [6, 6.07) is 18.3. The van der Waals surface area contributed by atoms with Gasteiger partial charge in [0.1, 0.15) is 8.47 Å². The van der Waals surface area contributed by atoms with Gasteiger partial charge in [0, 0.05) is 6.54 Å². The molecule has 0 bridgehead atoms. The number of thioether (sulfide) groups is 1. The van der Waals surface area contributed by atoms with Crippen LogP contribution in [0.5, 0.6) is 0 Å². The molecule has 222 valence electrons. The average molecular weight is 635 g/mol. The highest BCUT2D eigenvalue weighted by molar-refractivity contribution is 8.28. The van der Waals surface area contributed by atoms with Crippen molar-refractivity contribution in [3.63, 3.8) is 0 Å². The molecule has 0 fully saturated rings. The van der Waals surface area contributed by atoms with Crippen LogP contribution >= 0.6 is 11.8 Å². The maximum Gasteiger partial charge on any atom is 0.410 e. The van der Waals surface area contributed by atoms with Crippen LogP contribution in [0.25, 0.3) is 0 Å². The number of likely N-dealkylation sites (N-methyl/N-ethyl adjacent to an activating group) is 1. The standard InChI is InChI=1S/C29H38N2O6S3Si/c1-7-31(28(32)37-8-2)25-20-26(38-27-24(25)19-21(3)39(27,33)34)40(35,36)30-41(29(4,5)6,22-15-11-9-12-16-22)23-17-13-10-14-18-23/h9-18,20-21,25,30H,7-8,19H2,1-6H3/t21-,25-/m0/s1. The van der Waals surface area contributed by atoms with Gasteiger partial charge in [0.2, 0.25) is 18.3 Å². The van der Waals surface area contributed by atoms with Crippen molar-refractivity contribution in [1.29, 1.82) is 0 Å². The molecule has 0 aliphatic carbocycles. The molecule has 2 aliphatic heterocycles. The second kappa shape index (κ2) is 11.7. The van der Waals surface area contributed by atoms with Crippen molar-refractivity contribution < 1.29 is 26.4 Å². The minimum atomic E-state index is -4.28. The molecule has 2 aliphatic rings. The maximum absolute atomic E-state index is 14.5. The fourth-order valence-electron chi connectivity index (χ4n) is 5.59. The van der Waals surface area contributed by atoms with Crippen molar-refractivity contribution in [3.8, 4) is 0 Å². The lowest BCUT2D eigenvalue weighted by Gasteiger charge is -2.44. The Kier molecular flexibility index (Phi) is 9.01. The monoisotopic (exact) mass is 634 g/mol. The Morgan fingerprint density at radius 2 is 1.59 bits per heavy atom. The number of sulfonamides is 1. The third-order valence-corrected chi connectivity index (χ3v) is 19.9. The van der Waals surface area contributed by atoms with Crippen LogP contribution in [-0.4, -0.2) is 60.5 Å². The molecule has 41 heavy (non-hydrogen) atoms. The first-order chi connectivity index (χ1) is 19.2. The number of carbonyl (C=O) groups excluding carboxylic acids is 1. The Morgan fingerprint density at radius 3 is 2.05 bits per heavy atom. The normalized spacial score (nSPS) is 20.8. The number of nitrogens with one attached hydrogen (secondary N) is 1. The first kappa shape index (κ1) is 31.6. The quantitative estimate of drug-likeness (QED) is 0.431. The third-order valence-electron chi connectivity index (χ3n) is 7.67. The van der Waals surface area contributed by atoms with Gasteiger partial charge in [-0.15, -0.1) is 0 Å². The minimum Gasteiger partial charge on any atom is -0.450 e. The smallest absolute Gasteiger partial charge is 0.410 e. The molecule has 4 rings (SSSR count). The van der Waals surface area contributed by atoms with Crippen molar-refractivity contribution in [2.75, 3.05) is 13.2 Å². The molecule has 0 aromatic heterocycles. The highest BCUT2D eigenvalue weighted by Crippen LogP contribution is 2.49. The summed E-state index contributed by atoms with van der Waals surface area (Å²) < 4.78 is 64.1. The highest BCUT2D eigenvalue weighted by atomic mass is 32.3. The first-order valence-corrected chi connectivity index (χ1v) is 19.5. The van der Waals surface area contributed by atoms with Gasteiger partial charge in [0.05, 0.1) is 17.9 Å². The Hall–Kier alpha value is -2.38. The molecule has 0 saturated carbocycles. The number of amides is 1. The largest absolute Gasteiger partial charge is 0.450 e. The number of rotatable bonds is 8. The van der Waals surface area contributed by atoms with E-state index >= 15 is 0 Å². The average Bonchev–Trinajstić information content (AvgIpc) is 3.16. The van der Waals surface area contributed by atoms with Gasteiger partial charge in [-0.1, -0.05) is 93.2 Å². The Morgan fingerprint density at radius 1 is 1.05 bits per heavy atom. The predicted octanol–water partition coefficient (Wildman–Crippen LogP) is 4.32. The van der Waals surface area contributed by atoms with Crippen LogP contribution in [0.3, 0.4) is 0 Å². The van der Waals surface area contributed by atoms with Crippen LogP contribution in [-0.2, 0) is 24.6 Å². The van der Waals surface area contributed by atoms with Crippen LogP contribution in [0, 0.1) is 0 Å². The molecular weight excluding hydrogens is 597 g/mol. The number of hydrogen-bond acceptors (Lipinski definition) is 7. The number of hydrogen-bond donors (Lipinski definition) is 1. The Balaban J connectivity index is 1.91. The summed E-state index contributed by atoms with van der Waals surface area (Å²) >= 11 is 0.764. The number of nitrogens with zero attached hydrogens (tertiary/aromatic N) is 1. The van der Waals surface area contributed by atoms with E-state index in [-0.39, 0.29) is 28.0 Å². The predicted molar refractivity (Wildman–Crippen MR) is 169 cm³/mol. The van der Waals surface area contributed by atoms with E-state index in [1.165, 1.54) is 11.0 Å². The third kappa shape index (κ3) is 5.69. The van der Waals surface area contributed by atoms with Crippen molar-refractivity contribution in [2.45, 2.75) is 64.3 Å². The van der Waals surface area contributed by atoms with Crippen LogP contribution in [0.2, 0.25) is 5.04 Å². The molecule has 0 saturated heterocycles. The van der Waals surface area contributed by atoms with E-state index in [1.54, 1.807) is 20.8 Å². The number of carbonyl (C=O) groups is 1. The second-order valence-corrected chi connectivity index (χ2v) is 21.5. The topological polar surface area (TPSA) is 110 Å². The zero-order valence-corrected chi connectivity index (χ0v) is 27.7. The zero-order valence-electron chi connectivity index (χ0n) is 24.2. The summed E-state index contributed by atoms with van der Waals surface area (Å²) in [6.45, 7) is 11.5. The van der Waals surface area contributed by atoms with Gasteiger partial charge in [0.15, 0.2) is 9.84 Å². The van der Waals surface area contributed by atoms with Gasteiger partial charge in [-0.05, 0) is 54.3 Å². The Bertz CT molecular complexity index is 1530. The summed E-state index contributed by atoms with van der Waals surface area (Å²) in [6.07, 6.45) is 1.11. The molecule has 0 spiro atoms. The van der Waals surface area contributed by atoms with Crippen LogP contribution in [0.15, 0.2) is 80.8 Å². The molecule has 0 radical (unpaired) electrons. The van der Waals surface area contributed by atoms with E-state index in [4.69, 9.17) is 4.74 Å². The highest BCUT2D eigenvalue weighted by Gasteiger charge is 2.53. The van der Waals surface area contributed by atoms with Crippen molar-refractivity contribution in [2.24, 2.45) is 0 Å². The SMILES string of the molecule is CCOC(=O)N(CC)[C@H]1C=C(S(=O)(=O)N[Si](c2ccccc2)(c2ccccc2)C(C)(C)C)SC2=C1C[C@H](C)S2(=O)=O. The van der Waals surface area contributed by atoms with Crippen LogP contribution < -0.4 is 14.8 Å². The van der Waals surface area contributed by atoms with Crippen LogP contribution in [0.4, 0.5) is 4.79 Å². The summed E-state index contributed by atoms with van der Waals surface area (Å²) in [7, 11) is -11.4. The van der Waals surface area contributed by atoms with Crippen molar-refractivity contribution in [1.82, 2.24) is 9.29 Å². The van der Waals surface area contributed by atoms with E-state index < -0.39 is 50.5 Å². The number of ether oxygens (including phenoxy) is 1. The van der Waals surface area contributed by atoms with E-state index in [2.05, 4.69) is 4.39 Å². The fraction of sp³-hybridized carbons (Fsp3) is 0.414. The van der Waals surface area contributed by atoms with Gasteiger partial charge in [-0.2, -0.15) is 0 Å². The number of benzene rings is 2. The second-order valence-electron chi connectivity index (χ2n) is 11.2. The first-order valence-electron chi connectivity index (χ1n) is 13.7. The van der Waals surface area contributed by atoms with E-state index in [0.29, 0.717) is 5.57 Å². The fourth-order valence-corrected chi connectivity index (χ4v) is 18.0. The summed E-state index contributed by atoms with van der Waals surface area (Å²) in [5, 5.41) is 0.511. The minimum absolute atomic E-state index is 0.0167. The van der Waals surface area contributed by atoms with Gasteiger partial charge >= 0.3 is 6.09 Å². The molecule has 1 amide bonds. The van der Waals surface area contributed by atoms with Crippen molar-refractivity contribution >= 4 is 56.3 Å². The van der Waals surface area contributed by atoms with E-state index in [9.17, 15) is 21.6 Å².